The second-order valence-electron chi connectivity index (χ2n) is 9.58. The Morgan fingerprint density at radius 3 is 2.64 bits per heavy atom. The Hall–Kier alpha value is -3.09. The van der Waals surface area contributed by atoms with Gasteiger partial charge in [0.15, 0.2) is 5.88 Å². The molecule has 1 fully saturated rings. The van der Waals surface area contributed by atoms with Gasteiger partial charge < -0.3 is 15.0 Å². The summed E-state index contributed by atoms with van der Waals surface area (Å²) in [5.74, 6) is 0.0786. The lowest BCUT2D eigenvalue weighted by Gasteiger charge is -2.36. The van der Waals surface area contributed by atoms with Gasteiger partial charge in [-0.3, -0.25) is 9.69 Å². The van der Waals surface area contributed by atoms with Crippen LogP contribution in [0.5, 0.6) is 5.88 Å². The number of piperidine rings is 1. The van der Waals surface area contributed by atoms with Gasteiger partial charge in [0, 0.05) is 46.1 Å². The molecule has 2 N–H and O–H groups in total. The molecule has 0 saturated carbocycles. The molecule has 2 heterocycles. The van der Waals surface area contributed by atoms with Gasteiger partial charge in [0.2, 0.25) is 0 Å². The molecular weight excluding hydrogens is 514 g/mol. The van der Waals surface area contributed by atoms with Crippen molar-refractivity contribution in [1.29, 1.82) is 0 Å². The summed E-state index contributed by atoms with van der Waals surface area (Å²) in [6.45, 7) is 3.28. The highest BCUT2D eigenvalue weighted by Crippen LogP contribution is 2.31. The molecule has 1 saturated heterocycles. The van der Waals surface area contributed by atoms with Crippen LogP contribution in [-0.4, -0.2) is 40.1 Å². The Morgan fingerprint density at radius 2 is 1.83 bits per heavy atom. The highest BCUT2D eigenvalue weighted by Gasteiger charge is 2.23. The van der Waals surface area contributed by atoms with Crippen molar-refractivity contribution in [3.05, 3.63) is 100 Å². The number of fused-ring (bicyclic) bond motifs is 1. The standard InChI is InChI=1S/C30H32BrN3O2/c31-26-14-10-22(11-15-26)20-34-21-25-13-12-24(19-27(25)30(34)36)29(35)32-16-6-18-33-17-5-4-9-28(33)23-7-2-1-3-8-23/h1-3,7-8,10-15,19,21,28,36H,4-6,9,16-18,20H2,(H,32,35). The van der Waals surface area contributed by atoms with Crippen LogP contribution in [0.2, 0.25) is 0 Å². The summed E-state index contributed by atoms with van der Waals surface area (Å²) in [4.78, 5) is 15.4. The van der Waals surface area contributed by atoms with Crippen molar-refractivity contribution in [1.82, 2.24) is 14.8 Å². The normalized spacial score (nSPS) is 16.3. The molecule has 0 radical (unpaired) electrons. The highest BCUT2D eigenvalue weighted by atomic mass is 79.9. The molecule has 3 aromatic carbocycles. The molecule has 0 bridgehead atoms. The SMILES string of the molecule is O=C(NCCCN1CCCCC1c1ccccc1)c1ccc2cn(Cc3ccc(Br)cc3)c(O)c2c1. The maximum atomic E-state index is 12.8. The fourth-order valence-corrected chi connectivity index (χ4v) is 5.46. The van der Waals surface area contributed by atoms with Crippen LogP contribution >= 0.6 is 15.9 Å². The van der Waals surface area contributed by atoms with Crippen LogP contribution in [0.4, 0.5) is 0 Å². The van der Waals surface area contributed by atoms with Gasteiger partial charge in [0.05, 0.1) is 6.54 Å². The number of aromatic hydroxyl groups is 1. The number of likely N-dealkylation sites (tertiary alicyclic amines) is 1. The van der Waals surface area contributed by atoms with E-state index in [4.69, 9.17) is 0 Å². The summed E-state index contributed by atoms with van der Waals surface area (Å²) in [5.41, 5.74) is 3.05. The number of hydrogen-bond acceptors (Lipinski definition) is 3. The molecule has 1 amide bonds. The zero-order chi connectivity index (χ0) is 24.9. The Balaban J connectivity index is 1.18. The summed E-state index contributed by atoms with van der Waals surface area (Å²) in [6, 6.07) is 24.8. The molecule has 36 heavy (non-hydrogen) atoms. The van der Waals surface area contributed by atoms with Gasteiger partial charge in [-0.25, -0.2) is 0 Å². The predicted octanol–water partition coefficient (Wildman–Crippen LogP) is 6.50. The number of carbonyl (C=O) groups excluding carboxylic acids is 1. The van der Waals surface area contributed by atoms with E-state index in [0.29, 0.717) is 30.1 Å². The maximum Gasteiger partial charge on any atom is 0.251 e. The molecule has 1 unspecified atom stereocenters. The Bertz CT molecular complexity index is 1320. The van der Waals surface area contributed by atoms with E-state index < -0.39 is 0 Å². The van der Waals surface area contributed by atoms with Crippen LogP contribution in [-0.2, 0) is 6.54 Å². The first-order valence-corrected chi connectivity index (χ1v) is 13.5. The Morgan fingerprint density at radius 1 is 1.03 bits per heavy atom. The van der Waals surface area contributed by atoms with Crippen molar-refractivity contribution < 1.29 is 9.90 Å². The lowest BCUT2D eigenvalue weighted by Crippen LogP contribution is -2.36. The van der Waals surface area contributed by atoms with E-state index in [1.165, 1.54) is 24.8 Å². The molecule has 186 valence electrons. The third kappa shape index (κ3) is 5.66. The number of carbonyl (C=O) groups is 1. The number of halogens is 1. The van der Waals surface area contributed by atoms with Crippen molar-refractivity contribution in [2.75, 3.05) is 19.6 Å². The van der Waals surface area contributed by atoms with Crippen molar-refractivity contribution in [2.24, 2.45) is 0 Å². The number of aromatic nitrogens is 1. The zero-order valence-corrected chi connectivity index (χ0v) is 22.0. The number of benzene rings is 3. The maximum absolute atomic E-state index is 12.8. The summed E-state index contributed by atoms with van der Waals surface area (Å²) < 4.78 is 2.84. The van der Waals surface area contributed by atoms with E-state index in [2.05, 4.69) is 56.5 Å². The first-order chi connectivity index (χ1) is 17.6. The van der Waals surface area contributed by atoms with E-state index in [1.807, 2.05) is 47.2 Å². The minimum Gasteiger partial charge on any atom is -0.494 e. The summed E-state index contributed by atoms with van der Waals surface area (Å²) in [7, 11) is 0. The van der Waals surface area contributed by atoms with Crippen LogP contribution in [0.1, 0.15) is 53.2 Å². The molecule has 0 spiro atoms. The molecule has 0 aliphatic carbocycles. The number of hydrogen-bond donors (Lipinski definition) is 2. The second kappa shape index (κ2) is 11.3. The van der Waals surface area contributed by atoms with Crippen molar-refractivity contribution in [3.63, 3.8) is 0 Å². The van der Waals surface area contributed by atoms with Gasteiger partial charge in [-0.2, -0.15) is 0 Å². The van der Waals surface area contributed by atoms with Crippen LogP contribution in [0, 0.1) is 0 Å². The largest absolute Gasteiger partial charge is 0.494 e. The third-order valence-corrected chi connectivity index (χ3v) is 7.62. The predicted molar refractivity (Wildman–Crippen MR) is 148 cm³/mol. The number of rotatable bonds is 8. The first-order valence-electron chi connectivity index (χ1n) is 12.7. The van der Waals surface area contributed by atoms with Crippen LogP contribution in [0.25, 0.3) is 10.8 Å². The molecule has 5 rings (SSSR count). The van der Waals surface area contributed by atoms with E-state index in [1.54, 1.807) is 6.07 Å². The molecule has 1 aliphatic rings. The number of nitrogens with one attached hydrogen (secondary N) is 1. The van der Waals surface area contributed by atoms with Gasteiger partial charge >= 0.3 is 0 Å². The summed E-state index contributed by atoms with van der Waals surface area (Å²) >= 11 is 3.45. The lowest BCUT2D eigenvalue weighted by molar-refractivity contribution is 0.0947. The van der Waals surface area contributed by atoms with Gasteiger partial charge in [-0.05, 0) is 61.2 Å². The summed E-state index contributed by atoms with van der Waals surface area (Å²) in [6.07, 6.45) is 6.54. The molecule has 1 aliphatic heterocycles. The molecule has 1 aromatic heterocycles. The quantitative estimate of drug-likeness (QED) is 0.248. The fraction of sp³-hybridized carbons (Fsp3) is 0.300. The topological polar surface area (TPSA) is 57.5 Å². The van der Waals surface area contributed by atoms with Crippen molar-refractivity contribution in [2.45, 2.75) is 38.3 Å². The van der Waals surface area contributed by atoms with E-state index in [-0.39, 0.29) is 11.8 Å². The van der Waals surface area contributed by atoms with E-state index in [9.17, 15) is 9.90 Å². The summed E-state index contributed by atoms with van der Waals surface area (Å²) in [5, 5.41) is 15.5. The number of nitrogens with zero attached hydrogens (tertiary/aromatic N) is 2. The monoisotopic (exact) mass is 545 g/mol. The van der Waals surface area contributed by atoms with Gasteiger partial charge in [0.25, 0.3) is 5.91 Å². The molecule has 5 nitrogen and oxygen atoms in total. The molecule has 1 atom stereocenters. The van der Waals surface area contributed by atoms with Crippen LogP contribution in [0.3, 0.4) is 0 Å². The average molecular weight is 547 g/mol. The molecule has 6 heteroatoms. The van der Waals surface area contributed by atoms with Gasteiger partial charge in [0.1, 0.15) is 0 Å². The van der Waals surface area contributed by atoms with Crippen LogP contribution < -0.4 is 5.32 Å². The first kappa shape index (κ1) is 24.6. The van der Waals surface area contributed by atoms with E-state index in [0.717, 1.165) is 34.9 Å². The van der Waals surface area contributed by atoms with Gasteiger partial charge in [-0.1, -0.05) is 70.9 Å². The van der Waals surface area contributed by atoms with Crippen molar-refractivity contribution >= 4 is 32.6 Å². The zero-order valence-electron chi connectivity index (χ0n) is 20.4. The van der Waals surface area contributed by atoms with Crippen LogP contribution in [0.15, 0.2) is 83.5 Å². The minimum atomic E-state index is -0.102. The smallest absolute Gasteiger partial charge is 0.251 e. The minimum absolute atomic E-state index is 0.102. The third-order valence-electron chi connectivity index (χ3n) is 7.10. The average Bonchev–Trinajstić information content (AvgIpc) is 3.22. The Kier molecular flexibility index (Phi) is 7.73. The lowest BCUT2D eigenvalue weighted by atomic mass is 9.95. The fourth-order valence-electron chi connectivity index (χ4n) is 5.19. The molecule has 4 aromatic rings. The number of amides is 1. The second-order valence-corrected chi connectivity index (χ2v) is 10.5. The van der Waals surface area contributed by atoms with Crippen molar-refractivity contribution in [3.8, 4) is 5.88 Å². The highest BCUT2D eigenvalue weighted by molar-refractivity contribution is 9.10. The van der Waals surface area contributed by atoms with Gasteiger partial charge in [-0.15, -0.1) is 0 Å². The molecular formula is C30H32BrN3O2. The Labute approximate surface area is 220 Å². The van der Waals surface area contributed by atoms with E-state index >= 15 is 0 Å².